The van der Waals surface area contributed by atoms with Crippen LogP contribution < -0.4 is 5.73 Å². The van der Waals surface area contributed by atoms with Crippen molar-refractivity contribution in [2.45, 2.75) is 47.1 Å². The predicted molar refractivity (Wildman–Crippen MR) is 72.3 cm³/mol. The molecule has 0 aliphatic heterocycles. The molecule has 0 saturated carbocycles. The second-order valence-corrected chi connectivity index (χ2v) is 5.85. The zero-order chi connectivity index (χ0) is 13.2. The molecule has 0 spiro atoms. The van der Waals surface area contributed by atoms with Gasteiger partial charge in [-0.05, 0) is 30.4 Å². The van der Waals surface area contributed by atoms with E-state index < -0.39 is 0 Å². The molecule has 1 rings (SSSR count). The Bertz CT molecular complexity index is 415. The highest BCUT2D eigenvalue weighted by Crippen LogP contribution is 2.22. The number of benzene rings is 1. The van der Waals surface area contributed by atoms with Gasteiger partial charge < -0.3 is 5.73 Å². The molecule has 2 N–H and O–H groups in total. The number of rotatable bonds is 3. The van der Waals surface area contributed by atoms with Gasteiger partial charge in [0.2, 0.25) is 0 Å². The fourth-order valence-corrected chi connectivity index (χ4v) is 1.67. The Morgan fingerprint density at radius 1 is 1.29 bits per heavy atom. The van der Waals surface area contributed by atoms with Gasteiger partial charge in [-0.15, -0.1) is 0 Å². The van der Waals surface area contributed by atoms with Gasteiger partial charge in [0.15, 0.2) is 5.78 Å². The van der Waals surface area contributed by atoms with Crippen molar-refractivity contribution < 1.29 is 4.79 Å². The van der Waals surface area contributed by atoms with Crippen molar-refractivity contribution in [2.24, 2.45) is 11.1 Å². The normalized spacial score (nSPS) is 13.5. The first-order valence-corrected chi connectivity index (χ1v) is 6.08. The molecule has 0 heterocycles. The minimum Gasteiger partial charge on any atom is -0.327 e. The smallest absolute Gasteiger partial charge is 0.164 e. The van der Waals surface area contributed by atoms with Crippen LogP contribution in [0.15, 0.2) is 18.2 Å². The lowest BCUT2D eigenvalue weighted by molar-refractivity contribution is 0.0952. The number of nitrogens with two attached hydrogens (primary N) is 1. The minimum atomic E-state index is -0.102. The largest absolute Gasteiger partial charge is 0.327 e. The molecule has 1 unspecified atom stereocenters. The molecule has 0 aromatic heterocycles. The van der Waals surface area contributed by atoms with Gasteiger partial charge in [-0.1, -0.05) is 39.0 Å². The second kappa shape index (κ2) is 5.01. The fraction of sp³-hybridized carbons (Fsp3) is 0.533. The monoisotopic (exact) mass is 233 g/mol. The van der Waals surface area contributed by atoms with Crippen LogP contribution in [0.2, 0.25) is 0 Å². The number of hydrogen-bond donors (Lipinski definition) is 1. The number of hydrogen-bond acceptors (Lipinski definition) is 2. The van der Waals surface area contributed by atoms with Crippen molar-refractivity contribution in [1.82, 2.24) is 0 Å². The quantitative estimate of drug-likeness (QED) is 0.814. The van der Waals surface area contributed by atoms with Crippen molar-refractivity contribution in [1.29, 1.82) is 0 Å². The number of carbonyl (C=O) groups is 1. The van der Waals surface area contributed by atoms with Crippen molar-refractivity contribution in [3.8, 4) is 0 Å². The highest BCUT2D eigenvalue weighted by molar-refractivity contribution is 5.98. The predicted octanol–water partition coefficient (Wildman–Crippen LogP) is 3.25. The molecule has 0 radical (unpaired) electrons. The molecular formula is C15H23NO. The SMILES string of the molecule is Cc1cccc(C(=O)CC(N)C(C)(C)C)c1C. The van der Waals surface area contributed by atoms with Crippen molar-refractivity contribution in [2.75, 3.05) is 0 Å². The summed E-state index contributed by atoms with van der Waals surface area (Å²) < 4.78 is 0. The van der Waals surface area contributed by atoms with E-state index in [4.69, 9.17) is 5.73 Å². The average molecular weight is 233 g/mol. The lowest BCUT2D eigenvalue weighted by atomic mass is 9.83. The Morgan fingerprint density at radius 2 is 1.88 bits per heavy atom. The summed E-state index contributed by atoms with van der Waals surface area (Å²) in [4.78, 5) is 12.2. The molecule has 1 aromatic carbocycles. The van der Waals surface area contributed by atoms with Crippen molar-refractivity contribution >= 4 is 5.78 Å². The van der Waals surface area contributed by atoms with E-state index in [0.29, 0.717) is 6.42 Å². The summed E-state index contributed by atoms with van der Waals surface area (Å²) in [6.07, 6.45) is 0.411. The molecular weight excluding hydrogens is 210 g/mol. The summed E-state index contributed by atoms with van der Waals surface area (Å²) in [6.45, 7) is 10.2. The first-order valence-electron chi connectivity index (χ1n) is 6.08. The van der Waals surface area contributed by atoms with Crippen LogP contribution in [0.4, 0.5) is 0 Å². The molecule has 0 amide bonds. The molecule has 0 aliphatic rings. The number of Topliss-reactive ketones (excluding diaryl/α,β-unsaturated/α-hetero) is 1. The third-order valence-electron chi connectivity index (χ3n) is 3.42. The third kappa shape index (κ3) is 3.40. The first-order chi connectivity index (χ1) is 7.73. The van der Waals surface area contributed by atoms with Crippen LogP contribution in [-0.2, 0) is 0 Å². The van der Waals surface area contributed by atoms with Gasteiger partial charge in [-0.25, -0.2) is 0 Å². The Labute approximate surface area is 104 Å². The van der Waals surface area contributed by atoms with Gasteiger partial charge in [0.05, 0.1) is 0 Å². The van der Waals surface area contributed by atoms with Crippen LogP contribution in [0.5, 0.6) is 0 Å². The fourth-order valence-electron chi connectivity index (χ4n) is 1.67. The lowest BCUT2D eigenvalue weighted by Crippen LogP contribution is -2.37. The highest BCUT2D eigenvalue weighted by Gasteiger charge is 2.24. The topological polar surface area (TPSA) is 43.1 Å². The van der Waals surface area contributed by atoms with E-state index in [2.05, 4.69) is 20.8 Å². The molecule has 17 heavy (non-hydrogen) atoms. The highest BCUT2D eigenvalue weighted by atomic mass is 16.1. The summed E-state index contributed by atoms with van der Waals surface area (Å²) in [7, 11) is 0. The summed E-state index contributed by atoms with van der Waals surface area (Å²) in [5.41, 5.74) is 9.05. The number of carbonyl (C=O) groups excluding carboxylic acids is 1. The van der Waals surface area contributed by atoms with Gasteiger partial charge in [-0.3, -0.25) is 4.79 Å². The minimum absolute atomic E-state index is 0.0343. The molecule has 0 aliphatic carbocycles. The Balaban J connectivity index is 2.88. The molecule has 2 heteroatoms. The number of aryl methyl sites for hydroxylation is 1. The average Bonchev–Trinajstić information content (AvgIpc) is 2.20. The zero-order valence-corrected chi connectivity index (χ0v) is 11.5. The maximum Gasteiger partial charge on any atom is 0.164 e. The van der Waals surface area contributed by atoms with Crippen molar-refractivity contribution in [3.05, 3.63) is 34.9 Å². The molecule has 1 atom stereocenters. The van der Waals surface area contributed by atoms with E-state index in [1.54, 1.807) is 0 Å². The van der Waals surface area contributed by atoms with E-state index in [9.17, 15) is 4.79 Å². The van der Waals surface area contributed by atoms with E-state index >= 15 is 0 Å². The summed E-state index contributed by atoms with van der Waals surface area (Å²) in [6, 6.07) is 5.74. The van der Waals surface area contributed by atoms with Gasteiger partial charge >= 0.3 is 0 Å². The summed E-state index contributed by atoms with van der Waals surface area (Å²) >= 11 is 0. The van der Waals surface area contributed by atoms with E-state index in [1.807, 2.05) is 32.0 Å². The van der Waals surface area contributed by atoms with Gasteiger partial charge in [0.1, 0.15) is 0 Å². The van der Waals surface area contributed by atoms with Crippen LogP contribution in [-0.4, -0.2) is 11.8 Å². The maximum absolute atomic E-state index is 12.2. The van der Waals surface area contributed by atoms with Crippen LogP contribution in [0.25, 0.3) is 0 Å². The lowest BCUT2D eigenvalue weighted by Gasteiger charge is -2.26. The van der Waals surface area contributed by atoms with Crippen LogP contribution in [0.1, 0.15) is 48.7 Å². The maximum atomic E-state index is 12.2. The second-order valence-electron chi connectivity index (χ2n) is 5.85. The Hall–Kier alpha value is -1.15. The molecule has 94 valence electrons. The van der Waals surface area contributed by atoms with E-state index in [1.165, 1.54) is 0 Å². The molecule has 0 saturated heterocycles. The Morgan fingerprint density at radius 3 is 2.41 bits per heavy atom. The van der Waals surface area contributed by atoms with E-state index in [0.717, 1.165) is 16.7 Å². The molecule has 1 aromatic rings. The van der Waals surface area contributed by atoms with Crippen molar-refractivity contribution in [3.63, 3.8) is 0 Å². The number of ketones is 1. The van der Waals surface area contributed by atoms with Gasteiger partial charge in [0.25, 0.3) is 0 Å². The third-order valence-corrected chi connectivity index (χ3v) is 3.42. The van der Waals surface area contributed by atoms with Crippen LogP contribution in [0.3, 0.4) is 0 Å². The molecule has 0 fully saturated rings. The molecule has 0 bridgehead atoms. The van der Waals surface area contributed by atoms with Gasteiger partial charge in [0, 0.05) is 18.0 Å². The van der Waals surface area contributed by atoms with E-state index in [-0.39, 0.29) is 17.2 Å². The van der Waals surface area contributed by atoms with Gasteiger partial charge in [-0.2, -0.15) is 0 Å². The van der Waals surface area contributed by atoms with Crippen LogP contribution >= 0.6 is 0 Å². The standard InChI is InChI=1S/C15H23NO/c1-10-7-6-8-12(11(10)2)13(17)9-14(16)15(3,4)5/h6-8,14H,9,16H2,1-5H3. The summed E-state index contributed by atoms with van der Waals surface area (Å²) in [5, 5.41) is 0. The first kappa shape index (κ1) is 13.9. The Kier molecular flexibility index (Phi) is 4.10. The molecule has 2 nitrogen and oxygen atoms in total. The summed E-state index contributed by atoms with van der Waals surface area (Å²) in [5.74, 6) is 0.147. The van der Waals surface area contributed by atoms with Crippen LogP contribution in [0, 0.1) is 19.3 Å². The zero-order valence-electron chi connectivity index (χ0n) is 11.5.